The molecule has 0 aromatic rings. The van der Waals surface area contributed by atoms with Crippen LogP contribution in [-0.2, 0) is 4.79 Å². The average Bonchev–Trinajstić information content (AvgIpc) is 2.37. The molecule has 20 heavy (non-hydrogen) atoms. The first-order chi connectivity index (χ1) is 9.45. The third-order valence-corrected chi connectivity index (χ3v) is 3.46. The number of carbonyl (C=O) groups excluding carboxylic acids is 1. The number of carbonyl (C=O) groups is 2. The first kappa shape index (κ1) is 18.3. The summed E-state index contributed by atoms with van der Waals surface area (Å²) >= 11 is 1.30. The lowest BCUT2D eigenvalue weighted by molar-refractivity contribution is -0.479. The Labute approximate surface area is 120 Å². The molecule has 1 unspecified atom stereocenters. The van der Waals surface area contributed by atoms with Gasteiger partial charge in [-0.2, -0.15) is 0 Å². The van der Waals surface area contributed by atoms with Gasteiger partial charge in [0.05, 0.1) is 5.25 Å². The number of amides is 2. The maximum absolute atomic E-state index is 10.7. The number of nitro groups is 1. The van der Waals surface area contributed by atoms with Crippen LogP contribution in [0.1, 0.15) is 25.7 Å². The number of unbranched alkanes of at least 4 members (excludes halogenated alkanes) is 1. The van der Waals surface area contributed by atoms with Gasteiger partial charge in [0.1, 0.15) is 0 Å². The van der Waals surface area contributed by atoms with Gasteiger partial charge in [-0.05, 0) is 12.8 Å². The van der Waals surface area contributed by atoms with Crippen molar-refractivity contribution in [3.8, 4) is 0 Å². The summed E-state index contributed by atoms with van der Waals surface area (Å²) in [5.41, 5.74) is 1.83. The standard InChI is InChI=1S/C10H18N4O5S/c11-13-10(17)12-5-6-20-8(7-14(18)19)3-1-2-4-9(15)16/h5,8H,1-4,6-7,11H2,(H,13,17)(H,15,16). The molecule has 0 radical (unpaired) electrons. The monoisotopic (exact) mass is 306 g/mol. The fourth-order valence-corrected chi connectivity index (χ4v) is 2.37. The summed E-state index contributed by atoms with van der Waals surface area (Å²) in [4.78, 5) is 34.6. The number of urea groups is 1. The van der Waals surface area contributed by atoms with Gasteiger partial charge in [-0.15, -0.1) is 11.8 Å². The van der Waals surface area contributed by atoms with Gasteiger partial charge in [-0.25, -0.2) is 15.6 Å². The van der Waals surface area contributed by atoms with Crippen LogP contribution in [0.15, 0.2) is 4.99 Å². The van der Waals surface area contributed by atoms with Gasteiger partial charge in [0.25, 0.3) is 0 Å². The van der Waals surface area contributed by atoms with Gasteiger partial charge in [0, 0.05) is 23.3 Å². The van der Waals surface area contributed by atoms with E-state index in [-0.39, 0.29) is 18.2 Å². The Bertz CT molecular complexity index is 364. The number of nitrogens with zero attached hydrogens (tertiary/aromatic N) is 2. The molecule has 0 fully saturated rings. The lowest BCUT2D eigenvalue weighted by atomic mass is 10.1. The van der Waals surface area contributed by atoms with E-state index in [1.807, 2.05) is 5.43 Å². The fourth-order valence-electron chi connectivity index (χ4n) is 1.38. The molecule has 4 N–H and O–H groups in total. The van der Waals surface area contributed by atoms with Crippen molar-refractivity contribution in [1.29, 1.82) is 0 Å². The molecule has 114 valence electrons. The molecule has 0 heterocycles. The first-order valence-corrected chi connectivity index (χ1v) is 6.99. The van der Waals surface area contributed by atoms with Gasteiger partial charge >= 0.3 is 12.0 Å². The molecule has 0 aromatic carbocycles. The number of nitrogens with one attached hydrogen (secondary N) is 1. The van der Waals surface area contributed by atoms with Gasteiger partial charge in [0.15, 0.2) is 0 Å². The number of hydrogen-bond donors (Lipinski definition) is 3. The molecule has 0 aliphatic carbocycles. The van der Waals surface area contributed by atoms with Crippen LogP contribution in [0, 0.1) is 10.1 Å². The van der Waals surface area contributed by atoms with E-state index in [2.05, 4.69) is 4.99 Å². The van der Waals surface area contributed by atoms with Crippen LogP contribution in [0.2, 0.25) is 0 Å². The van der Waals surface area contributed by atoms with Gasteiger partial charge < -0.3 is 5.11 Å². The lowest BCUT2D eigenvalue weighted by Gasteiger charge is -2.10. The number of carboxylic acid groups (broad SMARTS) is 1. The van der Waals surface area contributed by atoms with Crippen LogP contribution in [0.3, 0.4) is 0 Å². The largest absolute Gasteiger partial charge is 0.481 e. The quantitative estimate of drug-likeness (QED) is 0.134. The van der Waals surface area contributed by atoms with E-state index >= 15 is 0 Å². The number of carboxylic acids is 1. The van der Waals surface area contributed by atoms with Crippen molar-refractivity contribution in [3.63, 3.8) is 0 Å². The van der Waals surface area contributed by atoms with Gasteiger partial charge in [0.2, 0.25) is 6.54 Å². The third kappa shape index (κ3) is 11.4. The molecule has 1 atom stereocenters. The van der Waals surface area contributed by atoms with Crippen LogP contribution in [0.25, 0.3) is 0 Å². The van der Waals surface area contributed by atoms with E-state index in [1.54, 1.807) is 0 Å². The topological polar surface area (TPSA) is 148 Å². The Hall–Kier alpha value is -1.68. The Balaban J connectivity index is 4.01. The van der Waals surface area contributed by atoms with E-state index in [1.165, 1.54) is 18.0 Å². The molecule has 0 saturated heterocycles. The van der Waals surface area contributed by atoms with E-state index in [9.17, 15) is 19.7 Å². The molecule has 0 spiro atoms. The van der Waals surface area contributed by atoms with Crippen molar-refractivity contribution in [2.24, 2.45) is 10.8 Å². The summed E-state index contributed by atoms with van der Waals surface area (Å²) in [6.07, 6.45) is 3.05. The van der Waals surface area contributed by atoms with E-state index < -0.39 is 16.9 Å². The number of aliphatic carboxylic acids is 1. The summed E-state index contributed by atoms with van der Waals surface area (Å²) in [7, 11) is 0. The molecule has 0 rings (SSSR count). The van der Waals surface area contributed by atoms with Gasteiger partial charge in [-0.1, -0.05) is 6.42 Å². The highest BCUT2D eigenvalue weighted by atomic mass is 32.2. The van der Waals surface area contributed by atoms with Crippen LogP contribution < -0.4 is 11.3 Å². The Morgan fingerprint density at radius 3 is 2.75 bits per heavy atom. The highest BCUT2D eigenvalue weighted by Crippen LogP contribution is 2.17. The summed E-state index contributed by atoms with van der Waals surface area (Å²) < 4.78 is 0. The third-order valence-electron chi connectivity index (χ3n) is 2.26. The average molecular weight is 306 g/mol. The number of nitrogens with two attached hydrogens (primary N) is 1. The van der Waals surface area contributed by atoms with Crippen molar-refractivity contribution in [2.75, 3.05) is 12.3 Å². The second-order valence-electron chi connectivity index (χ2n) is 3.87. The molecule has 0 aromatic heterocycles. The second kappa shape index (κ2) is 11.2. The molecular formula is C10H18N4O5S. The van der Waals surface area contributed by atoms with Gasteiger partial charge in [-0.3, -0.25) is 20.3 Å². The SMILES string of the molecule is NNC(=O)N=CCSC(CCCCC(=O)O)C[N+](=O)[O-]. The minimum atomic E-state index is -0.872. The number of rotatable bonds is 10. The minimum Gasteiger partial charge on any atom is -0.481 e. The first-order valence-electron chi connectivity index (χ1n) is 5.94. The van der Waals surface area contributed by atoms with Crippen molar-refractivity contribution < 1.29 is 19.6 Å². The minimum absolute atomic E-state index is 0.0635. The maximum atomic E-state index is 10.7. The molecule has 0 saturated carbocycles. The number of hydrazine groups is 1. The van der Waals surface area contributed by atoms with Crippen LogP contribution in [0.5, 0.6) is 0 Å². The summed E-state index contributed by atoms with van der Waals surface area (Å²) in [6.45, 7) is -0.200. The molecular weight excluding hydrogens is 288 g/mol. The Kier molecular flexibility index (Phi) is 10.2. The van der Waals surface area contributed by atoms with Crippen molar-refractivity contribution in [1.82, 2.24) is 5.43 Å². The number of thioether (sulfide) groups is 1. The normalized spacial score (nSPS) is 12.2. The van der Waals surface area contributed by atoms with E-state index in [4.69, 9.17) is 10.9 Å². The lowest BCUT2D eigenvalue weighted by Crippen LogP contribution is -2.27. The number of hydrogen-bond acceptors (Lipinski definition) is 6. The molecule has 10 heteroatoms. The second-order valence-corrected chi connectivity index (χ2v) is 5.20. The van der Waals surface area contributed by atoms with Crippen molar-refractivity contribution >= 4 is 30.0 Å². The predicted molar refractivity (Wildman–Crippen MR) is 75.4 cm³/mol. The zero-order chi connectivity index (χ0) is 15.4. The fraction of sp³-hybridized carbons (Fsp3) is 0.700. The van der Waals surface area contributed by atoms with E-state index in [0.717, 1.165) is 0 Å². The van der Waals surface area contributed by atoms with E-state index in [0.29, 0.717) is 25.0 Å². The molecule has 0 aliphatic heterocycles. The summed E-state index contributed by atoms with van der Waals surface area (Å²) in [6, 6.07) is -0.683. The summed E-state index contributed by atoms with van der Waals surface area (Å²) in [5, 5.41) is 18.8. The smallest absolute Gasteiger partial charge is 0.354 e. The van der Waals surface area contributed by atoms with Crippen LogP contribution in [-0.4, -0.2) is 45.8 Å². The molecule has 9 nitrogen and oxygen atoms in total. The summed E-state index contributed by atoms with van der Waals surface area (Å²) in [5.74, 6) is 4.31. The highest BCUT2D eigenvalue weighted by Gasteiger charge is 2.15. The molecule has 2 amide bonds. The maximum Gasteiger partial charge on any atom is 0.354 e. The van der Waals surface area contributed by atoms with Crippen LogP contribution in [0.4, 0.5) is 4.79 Å². The van der Waals surface area contributed by atoms with Crippen molar-refractivity contribution in [2.45, 2.75) is 30.9 Å². The predicted octanol–water partition coefficient (Wildman–Crippen LogP) is 0.664. The highest BCUT2D eigenvalue weighted by molar-refractivity contribution is 8.00. The Morgan fingerprint density at radius 2 is 2.20 bits per heavy atom. The van der Waals surface area contributed by atoms with Crippen molar-refractivity contribution in [3.05, 3.63) is 10.1 Å². The molecule has 0 bridgehead atoms. The zero-order valence-corrected chi connectivity index (χ0v) is 11.7. The van der Waals surface area contributed by atoms with Crippen LogP contribution >= 0.6 is 11.8 Å². The molecule has 0 aliphatic rings. The Morgan fingerprint density at radius 1 is 1.50 bits per heavy atom. The zero-order valence-electron chi connectivity index (χ0n) is 10.9. The number of aliphatic imine (C=N–C) groups is 1.